The molecule has 1 aromatic rings. The molecular formula is C14H18N2S2. The van der Waals surface area contributed by atoms with E-state index in [1.54, 1.807) is 23.5 Å². The van der Waals surface area contributed by atoms with E-state index in [4.69, 9.17) is 0 Å². The van der Waals surface area contributed by atoms with Crippen LogP contribution in [0, 0.1) is 18.3 Å². The van der Waals surface area contributed by atoms with Crippen LogP contribution in [0.25, 0.3) is 0 Å². The number of benzene rings is 1. The summed E-state index contributed by atoms with van der Waals surface area (Å²) in [4.78, 5) is 2.25. The minimum absolute atomic E-state index is 0.416. The Morgan fingerprint density at radius 3 is 2.22 bits per heavy atom. The molecule has 0 saturated carbocycles. The Balaban J connectivity index is 2.19. The molecule has 0 atom stereocenters. The van der Waals surface area contributed by atoms with Crippen LogP contribution in [0.2, 0.25) is 0 Å². The highest BCUT2D eigenvalue weighted by atomic mass is 32.2. The van der Waals surface area contributed by atoms with Crippen molar-refractivity contribution in [2.24, 2.45) is 0 Å². The van der Waals surface area contributed by atoms with Crippen LogP contribution in [0.4, 0.5) is 0 Å². The fourth-order valence-corrected chi connectivity index (χ4v) is 5.20. The van der Waals surface area contributed by atoms with E-state index in [-0.39, 0.29) is 0 Å². The number of aryl methyl sites for hydroxylation is 1. The number of nitriles is 1. The highest BCUT2D eigenvalue weighted by molar-refractivity contribution is 8.18. The van der Waals surface area contributed by atoms with Crippen molar-refractivity contribution in [3.63, 3.8) is 0 Å². The number of rotatable bonds is 2. The molecule has 4 heteroatoms. The summed E-state index contributed by atoms with van der Waals surface area (Å²) in [6.45, 7) is 2.08. The van der Waals surface area contributed by atoms with Gasteiger partial charge in [0.1, 0.15) is 0 Å². The lowest BCUT2D eigenvalue weighted by molar-refractivity contribution is 0.343. The SMILES string of the molecule is Cc1ccc(C2(C#N)SCC(N(C)C)CS2)cc1. The minimum atomic E-state index is -0.416. The van der Waals surface area contributed by atoms with Gasteiger partial charge in [0.2, 0.25) is 0 Å². The fraction of sp³-hybridized carbons (Fsp3) is 0.500. The summed E-state index contributed by atoms with van der Waals surface area (Å²) in [7, 11) is 4.22. The Morgan fingerprint density at radius 2 is 1.78 bits per heavy atom. The molecule has 0 aromatic heterocycles. The quantitative estimate of drug-likeness (QED) is 0.831. The number of hydrogen-bond acceptors (Lipinski definition) is 4. The molecule has 1 fully saturated rings. The molecule has 96 valence electrons. The summed E-state index contributed by atoms with van der Waals surface area (Å²) in [6.07, 6.45) is 0. The molecule has 18 heavy (non-hydrogen) atoms. The number of hydrogen-bond donors (Lipinski definition) is 0. The number of nitrogens with zero attached hydrogens (tertiary/aromatic N) is 2. The van der Waals surface area contributed by atoms with Gasteiger partial charge in [-0.25, -0.2) is 0 Å². The van der Waals surface area contributed by atoms with E-state index >= 15 is 0 Å². The third-order valence-electron chi connectivity index (χ3n) is 3.27. The molecule has 2 nitrogen and oxygen atoms in total. The van der Waals surface area contributed by atoms with E-state index in [0.29, 0.717) is 6.04 Å². The van der Waals surface area contributed by atoms with Crippen LogP contribution in [-0.2, 0) is 4.08 Å². The standard InChI is InChI=1S/C14H18N2S2/c1-11-4-6-12(7-5-11)14(10-15)17-8-13(9-18-14)16(2)3/h4-7,13H,8-9H2,1-3H3. The van der Waals surface area contributed by atoms with E-state index in [1.807, 2.05) is 0 Å². The second-order valence-corrected chi connectivity index (χ2v) is 7.56. The highest BCUT2D eigenvalue weighted by Gasteiger charge is 2.39. The molecule has 0 amide bonds. The molecular weight excluding hydrogens is 260 g/mol. The molecule has 0 unspecified atom stereocenters. The Morgan fingerprint density at radius 1 is 1.22 bits per heavy atom. The predicted molar refractivity (Wildman–Crippen MR) is 80.9 cm³/mol. The predicted octanol–water partition coefficient (Wildman–Crippen LogP) is 3.08. The summed E-state index contributed by atoms with van der Waals surface area (Å²) in [6, 6.07) is 11.4. The average Bonchev–Trinajstić information content (AvgIpc) is 2.39. The second-order valence-electron chi connectivity index (χ2n) is 4.83. The lowest BCUT2D eigenvalue weighted by Crippen LogP contribution is -2.38. The zero-order valence-electron chi connectivity index (χ0n) is 11.0. The smallest absolute Gasteiger partial charge is 0.173 e. The van der Waals surface area contributed by atoms with Crippen molar-refractivity contribution in [1.82, 2.24) is 4.90 Å². The number of thioether (sulfide) groups is 2. The second kappa shape index (κ2) is 5.56. The van der Waals surface area contributed by atoms with E-state index in [0.717, 1.165) is 17.1 Å². The van der Waals surface area contributed by atoms with Crippen molar-refractivity contribution < 1.29 is 0 Å². The van der Waals surface area contributed by atoms with Gasteiger partial charge in [0.05, 0.1) is 6.07 Å². The van der Waals surface area contributed by atoms with Crippen LogP contribution < -0.4 is 0 Å². The van der Waals surface area contributed by atoms with Gasteiger partial charge in [-0.2, -0.15) is 5.26 Å². The molecule has 0 N–H and O–H groups in total. The zero-order valence-corrected chi connectivity index (χ0v) is 12.6. The monoisotopic (exact) mass is 278 g/mol. The van der Waals surface area contributed by atoms with E-state index in [2.05, 4.69) is 56.3 Å². The highest BCUT2D eigenvalue weighted by Crippen LogP contribution is 2.50. The van der Waals surface area contributed by atoms with Crippen LogP contribution in [-0.4, -0.2) is 36.5 Å². The van der Waals surface area contributed by atoms with E-state index in [9.17, 15) is 5.26 Å². The molecule has 2 rings (SSSR count). The van der Waals surface area contributed by atoms with E-state index in [1.165, 1.54) is 5.56 Å². The molecule has 0 aliphatic carbocycles. The average molecular weight is 278 g/mol. The summed E-state index contributed by atoms with van der Waals surface area (Å²) >= 11 is 3.53. The molecule has 1 aromatic carbocycles. The van der Waals surface area contributed by atoms with Crippen molar-refractivity contribution in [3.05, 3.63) is 35.4 Å². The Bertz CT molecular complexity index is 440. The van der Waals surface area contributed by atoms with Crippen molar-refractivity contribution in [3.8, 4) is 6.07 Å². The summed E-state index contributed by atoms with van der Waals surface area (Å²) in [5.41, 5.74) is 2.37. The van der Waals surface area contributed by atoms with Crippen LogP contribution in [0.5, 0.6) is 0 Å². The summed E-state index contributed by atoms with van der Waals surface area (Å²) in [5, 5.41) is 9.58. The maximum atomic E-state index is 9.58. The third kappa shape index (κ3) is 2.69. The summed E-state index contributed by atoms with van der Waals surface area (Å²) in [5.74, 6) is 2.03. The molecule has 1 aliphatic heterocycles. The van der Waals surface area contributed by atoms with Crippen LogP contribution in [0.3, 0.4) is 0 Å². The first-order valence-electron chi connectivity index (χ1n) is 6.00. The zero-order chi connectivity index (χ0) is 13.2. The normalized spacial score (nSPS) is 28.1. The maximum Gasteiger partial charge on any atom is 0.173 e. The third-order valence-corrected chi connectivity index (χ3v) is 6.54. The maximum absolute atomic E-state index is 9.58. The van der Waals surface area contributed by atoms with Gasteiger partial charge < -0.3 is 4.90 Å². The van der Waals surface area contributed by atoms with Crippen LogP contribution in [0.15, 0.2) is 24.3 Å². The molecule has 0 spiro atoms. The first kappa shape index (κ1) is 13.8. The Kier molecular flexibility index (Phi) is 4.26. The first-order valence-corrected chi connectivity index (χ1v) is 7.97. The Hall–Kier alpha value is -0.630. The van der Waals surface area contributed by atoms with Gasteiger partial charge in [-0.1, -0.05) is 29.8 Å². The summed E-state index contributed by atoms with van der Waals surface area (Å²) < 4.78 is -0.416. The lowest BCUT2D eigenvalue weighted by atomic mass is 10.1. The minimum Gasteiger partial charge on any atom is -0.305 e. The van der Waals surface area contributed by atoms with Crippen LogP contribution >= 0.6 is 23.5 Å². The van der Waals surface area contributed by atoms with Crippen molar-refractivity contribution >= 4 is 23.5 Å². The van der Waals surface area contributed by atoms with Gasteiger partial charge >= 0.3 is 0 Å². The first-order chi connectivity index (χ1) is 8.57. The lowest BCUT2D eigenvalue weighted by Gasteiger charge is -2.36. The molecule has 1 saturated heterocycles. The van der Waals surface area contributed by atoms with Crippen molar-refractivity contribution in [1.29, 1.82) is 5.26 Å². The van der Waals surface area contributed by atoms with Gasteiger partial charge in [-0.15, -0.1) is 23.5 Å². The van der Waals surface area contributed by atoms with Gasteiger partial charge in [-0.3, -0.25) is 0 Å². The molecule has 1 aliphatic rings. The van der Waals surface area contributed by atoms with Crippen LogP contribution in [0.1, 0.15) is 11.1 Å². The Labute approximate surface area is 118 Å². The van der Waals surface area contributed by atoms with Crippen molar-refractivity contribution in [2.75, 3.05) is 25.6 Å². The molecule has 0 bridgehead atoms. The topological polar surface area (TPSA) is 27.0 Å². The molecule has 1 heterocycles. The largest absolute Gasteiger partial charge is 0.305 e. The van der Waals surface area contributed by atoms with Crippen molar-refractivity contribution in [2.45, 2.75) is 17.0 Å². The molecule has 0 radical (unpaired) electrons. The van der Waals surface area contributed by atoms with E-state index < -0.39 is 4.08 Å². The fourth-order valence-electron chi connectivity index (χ4n) is 1.88. The van der Waals surface area contributed by atoms with Gasteiger partial charge in [0, 0.05) is 17.5 Å². The van der Waals surface area contributed by atoms with Gasteiger partial charge in [0.15, 0.2) is 4.08 Å². The van der Waals surface area contributed by atoms with Gasteiger partial charge in [0.25, 0.3) is 0 Å². The van der Waals surface area contributed by atoms with Gasteiger partial charge in [-0.05, 0) is 26.6 Å².